The van der Waals surface area contributed by atoms with Crippen molar-refractivity contribution < 1.29 is 0 Å². The highest BCUT2D eigenvalue weighted by atomic mass is 15.0. The quantitative estimate of drug-likeness (QED) is 0.775. The smallest absolute Gasteiger partial charge is 0.0113 e. The van der Waals surface area contributed by atoms with Gasteiger partial charge in [-0.05, 0) is 50.2 Å². The molecule has 1 N–H and O–H groups in total. The number of rotatable bonds is 2. The largest absolute Gasteiger partial charge is 0.311 e. The maximum Gasteiger partial charge on any atom is 0.0113 e. The van der Waals surface area contributed by atoms with Gasteiger partial charge in [0, 0.05) is 12.1 Å². The van der Waals surface area contributed by atoms with Crippen molar-refractivity contribution >= 4 is 0 Å². The Bertz CT molecular complexity index is 366. The summed E-state index contributed by atoms with van der Waals surface area (Å²) in [5.41, 5.74) is 4.56. The van der Waals surface area contributed by atoms with Crippen LogP contribution in [0.4, 0.5) is 0 Å². The first-order valence-electron chi connectivity index (χ1n) is 6.16. The van der Waals surface area contributed by atoms with Crippen molar-refractivity contribution in [1.29, 1.82) is 0 Å². The normalized spacial score (nSPS) is 25.0. The number of benzene rings is 1. The minimum atomic E-state index is 0.742. The summed E-state index contributed by atoms with van der Waals surface area (Å²) in [6.45, 7) is 2.19. The topological polar surface area (TPSA) is 12.0 Å². The van der Waals surface area contributed by atoms with Gasteiger partial charge in [-0.3, -0.25) is 0 Å². The Kier molecular flexibility index (Phi) is 2.28. The Morgan fingerprint density at radius 3 is 2.73 bits per heavy atom. The second-order valence-electron chi connectivity index (χ2n) is 5.15. The van der Waals surface area contributed by atoms with Gasteiger partial charge in [-0.25, -0.2) is 0 Å². The van der Waals surface area contributed by atoms with E-state index in [1.807, 2.05) is 0 Å². The van der Waals surface area contributed by atoms with Gasteiger partial charge in [-0.2, -0.15) is 0 Å². The summed E-state index contributed by atoms with van der Waals surface area (Å²) in [6.07, 6.45) is 6.63. The molecule has 1 fully saturated rings. The van der Waals surface area contributed by atoms with Crippen LogP contribution in [0.2, 0.25) is 0 Å². The third kappa shape index (κ3) is 2.07. The molecule has 2 aliphatic rings. The molecule has 15 heavy (non-hydrogen) atoms. The SMILES string of the molecule is Cc1ccc2c(c1)CC(NC1CC1)CC2. The monoisotopic (exact) mass is 201 g/mol. The van der Waals surface area contributed by atoms with Crippen LogP contribution >= 0.6 is 0 Å². The van der Waals surface area contributed by atoms with Gasteiger partial charge in [0.1, 0.15) is 0 Å². The van der Waals surface area contributed by atoms with Crippen LogP contribution in [-0.4, -0.2) is 12.1 Å². The summed E-state index contributed by atoms with van der Waals surface area (Å²) in [5, 5.41) is 3.75. The molecular formula is C14H19N. The van der Waals surface area contributed by atoms with E-state index in [0.717, 1.165) is 12.1 Å². The fourth-order valence-corrected chi connectivity index (χ4v) is 2.61. The fourth-order valence-electron chi connectivity index (χ4n) is 2.61. The van der Waals surface area contributed by atoms with Crippen molar-refractivity contribution in [3.63, 3.8) is 0 Å². The zero-order valence-corrected chi connectivity index (χ0v) is 9.42. The Balaban J connectivity index is 1.75. The molecule has 0 spiro atoms. The summed E-state index contributed by atoms with van der Waals surface area (Å²) < 4.78 is 0. The molecule has 1 unspecified atom stereocenters. The molecule has 0 aromatic heterocycles. The van der Waals surface area contributed by atoms with E-state index in [1.54, 1.807) is 11.1 Å². The van der Waals surface area contributed by atoms with E-state index in [4.69, 9.17) is 0 Å². The van der Waals surface area contributed by atoms with Crippen LogP contribution < -0.4 is 5.32 Å². The molecule has 1 aromatic carbocycles. The zero-order chi connectivity index (χ0) is 10.3. The maximum absolute atomic E-state index is 3.75. The lowest BCUT2D eigenvalue weighted by Gasteiger charge is -2.26. The molecule has 0 aliphatic heterocycles. The van der Waals surface area contributed by atoms with Crippen LogP contribution in [0.25, 0.3) is 0 Å². The van der Waals surface area contributed by atoms with Crippen LogP contribution in [0.3, 0.4) is 0 Å². The number of nitrogens with one attached hydrogen (secondary N) is 1. The fraction of sp³-hybridized carbons (Fsp3) is 0.571. The summed E-state index contributed by atoms with van der Waals surface area (Å²) in [7, 11) is 0. The molecule has 1 heteroatoms. The predicted octanol–water partition coefficient (Wildman–Crippen LogP) is 2.60. The number of fused-ring (bicyclic) bond motifs is 1. The number of aryl methyl sites for hydroxylation is 2. The molecule has 0 saturated heterocycles. The summed E-state index contributed by atoms with van der Waals surface area (Å²) in [5.74, 6) is 0. The minimum absolute atomic E-state index is 0.742. The van der Waals surface area contributed by atoms with Crippen LogP contribution in [0.1, 0.15) is 36.0 Å². The second kappa shape index (κ2) is 3.64. The van der Waals surface area contributed by atoms with Gasteiger partial charge in [-0.15, -0.1) is 0 Å². The lowest BCUT2D eigenvalue weighted by molar-refractivity contribution is 0.456. The van der Waals surface area contributed by atoms with Gasteiger partial charge in [0.25, 0.3) is 0 Å². The third-order valence-electron chi connectivity index (χ3n) is 3.64. The highest BCUT2D eigenvalue weighted by molar-refractivity contribution is 5.34. The Morgan fingerprint density at radius 1 is 1.07 bits per heavy atom. The molecule has 80 valence electrons. The van der Waals surface area contributed by atoms with Crippen molar-refractivity contribution in [3.8, 4) is 0 Å². The molecule has 0 amide bonds. The van der Waals surface area contributed by atoms with E-state index in [9.17, 15) is 0 Å². The zero-order valence-electron chi connectivity index (χ0n) is 9.42. The summed E-state index contributed by atoms with van der Waals surface area (Å²) >= 11 is 0. The van der Waals surface area contributed by atoms with Gasteiger partial charge in [0.2, 0.25) is 0 Å². The lowest BCUT2D eigenvalue weighted by Crippen LogP contribution is -2.35. The van der Waals surface area contributed by atoms with Gasteiger partial charge in [0.05, 0.1) is 0 Å². The maximum atomic E-state index is 3.75. The molecule has 1 atom stereocenters. The van der Waals surface area contributed by atoms with Crippen LogP contribution in [-0.2, 0) is 12.8 Å². The molecule has 1 aromatic rings. The highest BCUT2D eigenvalue weighted by Crippen LogP contribution is 2.26. The van der Waals surface area contributed by atoms with Gasteiger partial charge in [-0.1, -0.05) is 23.8 Å². The minimum Gasteiger partial charge on any atom is -0.311 e. The number of hydrogen-bond acceptors (Lipinski definition) is 1. The molecule has 1 nitrogen and oxygen atoms in total. The Hall–Kier alpha value is -0.820. The van der Waals surface area contributed by atoms with Gasteiger partial charge < -0.3 is 5.32 Å². The lowest BCUT2D eigenvalue weighted by atomic mass is 9.87. The van der Waals surface area contributed by atoms with Crippen molar-refractivity contribution in [2.45, 2.75) is 51.1 Å². The van der Waals surface area contributed by atoms with Crippen molar-refractivity contribution in [3.05, 3.63) is 34.9 Å². The van der Waals surface area contributed by atoms with Crippen LogP contribution in [0.5, 0.6) is 0 Å². The van der Waals surface area contributed by atoms with Crippen molar-refractivity contribution in [1.82, 2.24) is 5.32 Å². The second-order valence-corrected chi connectivity index (χ2v) is 5.15. The highest BCUT2D eigenvalue weighted by Gasteiger charge is 2.26. The first-order valence-corrected chi connectivity index (χ1v) is 6.16. The Labute approximate surface area is 91.9 Å². The predicted molar refractivity (Wildman–Crippen MR) is 63.1 cm³/mol. The molecule has 0 radical (unpaired) electrons. The van der Waals surface area contributed by atoms with Gasteiger partial charge in [0.15, 0.2) is 0 Å². The molecular weight excluding hydrogens is 182 g/mol. The number of hydrogen-bond donors (Lipinski definition) is 1. The van der Waals surface area contributed by atoms with E-state index in [0.29, 0.717) is 0 Å². The van der Waals surface area contributed by atoms with Gasteiger partial charge >= 0.3 is 0 Å². The van der Waals surface area contributed by atoms with E-state index < -0.39 is 0 Å². The standard InChI is InChI=1S/C14H19N/c1-10-2-3-11-4-5-14(9-12(11)8-10)15-13-6-7-13/h2-3,8,13-15H,4-7,9H2,1H3. The van der Waals surface area contributed by atoms with Crippen LogP contribution in [0, 0.1) is 6.92 Å². The third-order valence-corrected chi connectivity index (χ3v) is 3.64. The average molecular weight is 201 g/mol. The van der Waals surface area contributed by atoms with E-state index in [-0.39, 0.29) is 0 Å². The summed E-state index contributed by atoms with van der Waals surface area (Å²) in [4.78, 5) is 0. The molecule has 0 bridgehead atoms. The first kappa shape index (κ1) is 9.41. The summed E-state index contributed by atoms with van der Waals surface area (Å²) in [6, 6.07) is 8.52. The molecule has 0 heterocycles. The van der Waals surface area contributed by atoms with Crippen LogP contribution in [0.15, 0.2) is 18.2 Å². The van der Waals surface area contributed by atoms with Crippen molar-refractivity contribution in [2.75, 3.05) is 0 Å². The van der Waals surface area contributed by atoms with E-state index >= 15 is 0 Å². The first-order chi connectivity index (χ1) is 7.31. The van der Waals surface area contributed by atoms with E-state index in [1.165, 1.54) is 37.7 Å². The van der Waals surface area contributed by atoms with Crippen molar-refractivity contribution in [2.24, 2.45) is 0 Å². The van der Waals surface area contributed by atoms with E-state index in [2.05, 4.69) is 30.4 Å². The molecule has 2 aliphatic carbocycles. The molecule has 3 rings (SSSR count). The molecule has 1 saturated carbocycles. The average Bonchev–Trinajstić information content (AvgIpc) is 3.01. The Morgan fingerprint density at radius 2 is 1.93 bits per heavy atom.